The van der Waals surface area contributed by atoms with Gasteiger partial charge in [-0.3, -0.25) is 4.79 Å². The molecule has 0 spiro atoms. The Morgan fingerprint density at radius 3 is 2.81 bits per heavy atom. The Bertz CT molecular complexity index is 766. The quantitative estimate of drug-likeness (QED) is 0.655. The Balaban J connectivity index is 1.43. The van der Waals surface area contributed by atoms with Gasteiger partial charge < -0.3 is 29.7 Å². The molecule has 3 aliphatic rings. The number of hydrogen-bond acceptors (Lipinski definition) is 6. The predicted octanol–water partition coefficient (Wildman–Crippen LogP) is 0.388. The third kappa shape index (κ3) is 3.49. The Morgan fingerprint density at radius 2 is 2.15 bits per heavy atom. The van der Waals surface area contributed by atoms with Crippen LogP contribution < -0.4 is 14.7 Å². The summed E-state index contributed by atoms with van der Waals surface area (Å²) in [7, 11) is -1.01. The Morgan fingerprint density at radius 1 is 1.37 bits per heavy atom. The number of carboxylic acids is 1. The third-order valence-corrected chi connectivity index (χ3v) is 5.43. The number of nitrogens with zero attached hydrogens (tertiary/aromatic N) is 1. The van der Waals surface area contributed by atoms with Gasteiger partial charge in [0.25, 0.3) is 0 Å². The fourth-order valence-electron chi connectivity index (χ4n) is 3.91. The molecule has 2 atom stereocenters. The number of benzene rings is 1. The number of hydrogen-bond donors (Lipinski definition) is 3. The molecule has 1 aromatic carbocycles. The molecule has 3 aliphatic heterocycles. The van der Waals surface area contributed by atoms with Crippen molar-refractivity contribution in [2.45, 2.75) is 38.2 Å². The number of aromatic carboxylic acids is 1. The minimum atomic E-state index is -1.16. The molecule has 2 unspecified atom stereocenters. The van der Waals surface area contributed by atoms with Crippen LogP contribution in [0.5, 0.6) is 11.5 Å². The average molecular weight is 374 g/mol. The third-order valence-electron chi connectivity index (χ3n) is 5.43. The number of ether oxygens (including phenoxy) is 1. The van der Waals surface area contributed by atoms with Crippen LogP contribution in [-0.4, -0.2) is 65.8 Å². The summed E-state index contributed by atoms with van der Waals surface area (Å²) in [6.45, 7) is 3.84. The topological polar surface area (TPSA) is 108 Å². The maximum absolute atomic E-state index is 12.4. The lowest BCUT2D eigenvalue weighted by molar-refractivity contribution is -0.142. The molecule has 1 amide bonds. The zero-order valence-electron chi connectivity index (χ0n) is 15.2. The molecule has 0 radical (unpaired) electrons. The van der Waals surface area contributed by atoms with E-state index in [1.807, 2.05) is 0 Å². The van der Waals surface area contributed by atoms with E-state index in [-0.39, 0.29) is 35.1 Å². The summed E-state index contributed by atoms with van der Waals surface area (Å²) in [6, 6.07) is 3.27. The average Bonchev–Trinajstić information content (AvgIpc) is 3.02. The second-order valence-electron chi connectivity index (χ2n) is 7.63. The maximum atomic E-state index is 12.4. The molecule has 27 heavy (non-hydrogen) atoms. The van der Waals surface area contributed by atoms with Gasteiger partial charge in [0.2, 0.25) is 5.91 Å². The van der Waals surface area contributed by atoms with Gasteiger partial charge in [-0.2, -0.15) is 0 Å². The molecule has 0 aromatic heterocycles. The second-order valence-corrected chi connectivity index (χ2v) is 7.63. The lowest BCUT2D eigenvalue weighted by atomic mass is 9.78. The lowest BCUT2D eigenvalue weighted by Gasteiger charge is -2.40. The van der Waals surface area contributed by atoms with Gasteiger partial charge in [-0.1, -0.05) is 13.0 Å². The molecule has 2 fully saturated rings. The zero-order chi connectivity index (χ0) is 19.1. The molecule has 8 nitrogen and oxygen atoms in total. The van der Waals surface area contributed by atoms with Crippen molar-refractivity contribution in [3.05, 3.63) is 23.3 Å². The van der Waals surface area contributed by atoms with Crippen LogP contribution in [-0.2, 0) is 11.2 Å². The minimum Gasteiger partial charge on any atom is -0.535 e. The summed E-state index contributed by atoms with van der Waals surface area (Å²) in [5.74, 6) is -0.201. The fraction of sp³-hybridized carbons (Fsp3) is 0.556. The highest BCUT2D eigenvalue weighted by molar-refractivity contribution is 6.44. The fourth-order valence-corrected chi connectivity index (χ4v) is 3.91. The van der Waals surface area contributed by atoms with E-state index in [1.54, 1.807) is 17.0 Å². The summed E-state index contributed by atoms with van der Waals surface area (Å²) in [6.07, 6.45) is 1.57. The van der Waals surface area contributed by atoms with Crippen LogP contribution in [0.25, 0.3) is 0 Å². The molecule has 9 heteroatoms. The standard InChI is InChI=1S/C18H23BN2O6/c1-10-6-13(20-7-10)17(22)21-8-12(9-21)26-14-3-2-11-4-5-19(25)27-16(11)15(14)18(23)24/h2-3,10,12-13,20,25H,4-9H2,1H3,(H,23,24). The molecular weight excluding hydrogens is 351 g/mol. The summed E-state index contributed by atoms with van der Waals surface area (Å²) >= 11 is 0. The van der Waals surface area contributed by atoms with Crippen LogP contribution in [0, 0.1) is 5.92 Å². The van der Waals surface area contributed by atoms with Crippen LogP contribution >= 0.6 is 0 Å². The number of carboxylic acid groups (broad SMARTS) is 1. The van der Waals surface area contributed by atoms with Crippen molar-refractivity contribution in [1.82, 2.24) is 10.2 Å². The monoisotopic (exact) mass is 374 g/mol. The summed E-state index contributed by atoms with van der Waals surface area (Å²) < 4.78 is 11.2. The zero-order valence-corrected chi connectivity index (χ0v) is 15.2. The van der Waals surface area contributed by atoms with Crippen molar-refractivity contribution in [3.63, 3.8) is 0 Å². The van der Waals surface area contributed by atoms with Crippen molar-refractivity contribution in [2.75, 3.05) is 19.6 Å². The van der Waals surface area contributed by atoms with Crippen LogP contribution in [0.1, 0.15) is 29.3 Å². The van der Waals surface area contributed by atoms with E-state index in [1.165, 1.54) is 0 Å². The van der Waals surface area contributed by atoms with Crippen LogP contribution in [0.15, 0.2) is 12.1 Å². The summed E-state index contributed by atoms with van der Waals surface area (Å²) in [5.41, 5.74) is 0.680. The molecule has 3 heterocycles. The van der Waals surface area contributed by atoms with Crippen molar-refractivity contribution in [1.29, 1.82) is 0 Å². The molecule has 0 saturated carbocycles. The van der Waals surface area contributed by atoms with Crippen molar-refractivity contribution in [2.24, 2.45) is 5.92 Å². The molecule has 1 aromatic rings. The maximum Gasteiger partial charge on any atom is 0.522 e. The predicted molar refractivity (Wildman–Crippen MR) is 97.1 cm³/mol. The van der Waals surface area contributed by atoms with Crippen LogP contribution in [0.3, 0.4) is 0 Å². The first-order valence-corrected chi connectivity index (χ1v) is 9.35. The van der Waals surface area contributed by atoms with Gasteiger partial charge in [-0.05, 0) is 43.3 Å². The normalized spacial score (nSPS) is 24.8. The number of rotatable bonds is 4. The van der Waals surface area contributed by atoms with E-state index in [0.29, 0.717) is 31.7 Å². The molecule has 4 rings (SSSR count). The van der Waals surface area contributed by atoms with Crippen LogP contribution in [0.4, 0.5) is 0 Å². The van der Waals surface area contributed by atoms with Crippen molar-refractivity contribution < 1.29 is 29.1 Å². The number of fused-ring (bicyclic) bond motifs is 1. The first kappa shape index (κ1) is 18.1. The smallest absolute Gasteiger partial charge is 0.522 e. The Kier molecular flexibility index (Phi) is 4.73. The van der Waals surface area contributed by atoms with E-state index in [4.69, 9.17) is 9.39 Å². The molecule has 0 aliphatic carbocycles. The largest absolute Gasteiger partial charge is 0.535 e. The van der Waals surface area contributed by atoms with Gasteiger partial charge in [0, 0.05) is 0 Å². The number of likely N-dealkylation sites (tertiary alicyclic amines) is 1. The van der Waals surface area contributed by atoms with Crippen molar-refractivity contribution in [3.8, 4) is 11.5 Å². The first-order chi connectivity index (χ1) is 12.9. The minimum absolute atomic E-state index is 0.0673. The number of carbonyl (C=O) groups is 2. The number of nitrogens with one attached hydrogen (secondary N) is 1. The van der Waals surface area contributed by atoms with Gasteiger partial charge in [0.1, 0.15) is 23.2 Å². The van der Waals surface area contributed by atoms with Gasteiger partial charge in [-0.25, -0.2) is 4.79 Å². The molecule has 2 saturated heterocycles. The Hall–Kier alpha value is -2.26. The number of carbonyl (C=O) groups excluding carboxylic acids is 1. The first-order valence-electron chi connectivity index (χ1n) is 9.35. The molecule has 3 N–H and O–H groups in total. The highest BCUT2D eigenvalue weighted by atomic mass is 16.5. The second kappa shape index (κ2) is 7.05. The van der Waals surface area contributed by atoms with Gasteiger partial charge in [-0.15, -0.1) is 0 Å². The van der Waals surface area contributed by atoms with Gasteiger partial charge in [0.05, 0.1) is 19.1 Å². The van der Waals surface area contributed by atoms with E-state index < -0.39 is 13.1 Å². The van der Waals surface area contributed by atoms with E-state index in [2.05, 4.69) is 12.2 Å². The summed E-state index contributed by atoms with van der Waals surface area (Å²) in [5, 5.41) is 22.5. The molecular formula is C18H23BN2O6. The number of amides is 1. The lowest BCUT2D eigenvalue weighted by Crippen LogP contribution is -2.59. The van der Waals surface area contributed by atoms with Gasteiger partial charge >= 0.3 is 13.1 Å². The van der Waals surface area contributed by atoms with E-state index in [9.17, 15) is 19.7 Å². The van der Waals surface area contributed by atoms with Crippen molar-refractivity contribution >= 4 is 19.0 Å². The van der Waals surface area contributed by atoms with Crippen LogP contribution in [0.2, 0.25) is 6.32 Å². The molecule has 0 bridgehead atoms. The summed E-state index contributed by atoms with van der Waals surface area (Å²) in [4.78, 5) is 25.9. The van der Waals surface area contributed by atoms with E-state index in [0.717, 1.165) is 18.5 Å². The highest BCUT2D eigenvalue weighted by Gasteiger charge is 2.39. The van der Waals surface area contributed by atoms with E-state index >= 15 is 0 Å². The Labute approximate surface area is 157 Å². The SMILES string of the molecule is CC1CNC(C(=O)N2CC(Oc3ccc4c(c3C(=O)O)OB(O)CC4)C2)C1. The van der Waals surface area contributed by atoms with Gasteiger partial charge in [0.15, 0.2) is 0 Å². The number of aryl methyl sites for hydroxylation is 1. The highest BCUT2D eigenvalue weighted by Crippen LogP contribution is 2.37. The molecule has 144 valence electrons.